The second-order valence-corrected chi connectivity index (χ2v) is 8.10. The molecule has 0 fully saturated rings. The zero-order chi connectivity index (χ0) is 20.0. The van der Waals surface area contributed by atoms with Crippen LogP contribution in [-0.2, 0) is 22.9 Å². The lowest BCUT2D eigenvalue weighted by molar-refractivity contribution is 0.386. The molecule has 0 aliphatic carbocycles. The zero-order valence-electron chi connectivity index (χ0n) is 16.2. The number of hydrogen-bond donors (Lipinski definition) is 2. The maximum atomic E-state index is 13.7. The van der Waals surface area contributed by atoms with E-state index in [1.165, 1.54) is 19.4 Å². The van der Waals surface area contributed by atoms with Crippen LogP contribution in [0.4, 0.5) is 4.39 Å². The first-order chi connectivity index (χ1) is 12.7. The Labute approximate surface area is 182 Å². The van der Waals surface area contributed by atoms with Crippen molar-refractivity contribution in [2.24, 2.45) is 4.99 Å². The van der Waals surface area contributed by atoms with Gasteiger partial charge in [0.25, 0.3) is 0 Å². The summed E-state index contributed by atoms with van der Waals surface area (Å²) in [5.41, 5.74) is 2.39. The van der Waals surface area contributed by atoms with Gasteiger partial charge in [-0.25, -0.2) is 12.8 Å². The third-order valence-electron chi connectivity index (χ3n) is 4.00. The number of sulfone groups is 1. The number of halogens is 2. The molecular formula is C19H25FIN3O3S. The van der Waals surface area contributed by atoms with Crippen LogP contribution in [0.25, 0.3) is 0 Å². The summed E-state index contributed by atoms with van der Waals surface area (Å²) in [5.74, 6) is 0.339. The van der Waals surface area contributed by atoms with Gasteiger partial charge in [-0.1, -0.05) is 18.2 Å². The lowest BCUT2D eigenvalue weighted by Crippen LogP contribution is -2.36. The fourth-order valence-corrected chi connectivity index (χ4v) is 3.61. The molecule has 2 rings (SSSR count). The van der Waals surface area contributed by atoms with Crippen LogP contribution in [-0.4, -0.2) is 34.8 Å². The Kier molecular flexibility index (Phi) is 9.15. The number of nitrogens with one attached hydrogen (secondary N) is 2. The van der Waals surface area contributed by atoms with E-state index in [2.05, 4.69) is 15.6 Å². The molecule has 6 nitrogen and oxygen atoms in total. The summed E-state index contributed by atoms with van der Waals surface area (Å²) < 4.78 is 42.0. The van der Waals surface area contributed by atoms with Crippen LogP contribution >= 0.6 is 24.0 Å². The minimum atomic E-state index is -3.23. The van der Waals surface area contributed by atoms with Crippen molar-refractivity contribution in [1.29, 1.82) is 0 Å². The van der Waals surface area contributed by atoms with E-state index in [1.807, 2.05) is 6.07 Å². The molecule has 0 saturated carbocycles. The summed E-state index contributed by atoms with van der Waals surface area (Å²) >= 11 is 0. The summed E-state index contributed by atoms with van der Waals surface area (Å²) in [6, 6.07) is 9.96. The summed E-state index contributed by atoms with van der Waals surface area (Å²) in [4.78, 5) is 4.46. The Balaban J connectivity index is 0.00000392. The first-order valence-electron chi connectivity index (χ1n) is 8.31. The molecule has 0 aliphatic rings. The molecule has 2 aromatic rings. The highest BCUT2D eigenvalue weighted by atomic mass is 127. The summed E-state index contributed by atoms with van der Waals surface area (Å²) in [7, 11) is -0.166. The van der Waals surface area contributed by atoms with E-state index in [-0.39, 0.29) is 29.7 Å². The summed E-state index contributed by atoms with van der Waals surface area (Å²) in [5, 5.41) is 6.26. The number of benzene rings is 2. The number of rotatable bonds is 6. The highest BCUT2D eigenvalue weighted by Crippen LogP contribution is 2.18. The van der Waals surface area contributed by atoms with Gasteiger partial charge in [-0.2, -0.15) is 0 Å². The minimum Gasteiger partial charge on any atom is -0.494 e. The smallest absolute Gasteiger partial charge is 0.191 e. The quantitative estimate of drug-likeness (QED) is 0.347. The topological polar surface area (TPSA) is 79.8 Å². The van der Waals surface area contributed by atoms with Gasteiger partial charge in [0.05, 0.1) is 12.0 Å². The van der Waals surface area contributed by atoms with E-state index < -0.39 is 15.7 Å². The van der Waals surface area contributed by atoms with Gasteiger partial charge in [0.15, 0.2) is 27.4 Å². The minimum absolute atomic E-state index is 0. The third-order valence-corrected chi connectivity index (χ3v) is 5.26. The normalized spacial score (nSPS) is 11.5. The first kappa shape index (κ1) is 24.2. The lowest BCUT2D eigenvalue weighted by atomic mass is 10.1. The van der Waals surface area contributed by atoms with Crippen molar-refractivity contribution < 1.29 is 17.5 Å². The van der Waals surface area contributed by atoms with Gasteiger partial charge in [0, 0.05) is 26.4 Å². The van der Waals surface area contributed by atoms with Crippen molar-refractivity contribution in [3.05, 3.63) is 58.9 Å². The van der Waals surface area contributed by atoms with Crippen molar-refractivity contribution in [3.63, 3.8) is 0 Å². The average molecular weight is 521 g/mol. The zero-order valence-corrected chi connectivity index (χ0v) is 19.4. The molecule has 2 N–H and O–H groups in total. The SMILES string of the molecule is CN=C(NCc1ccc(S(C)(=O)=O)c(C)c1)NCc1ccc(OC)c(F)c1.I. The summed E-state index contributed by atoms with van der Waals surface area (Å²) in [6.45, 7) is 2.64. The molecule has 0 aliphatic heterocycles. The van der Waals surface area contributed by atoms with Crippen molar-refractivity contribution >= 4 is 39.8 Å². The first-order valence-corrected chi connectivity index (χ1v) is 10.2. The van der Waals surface area contributed by atoms with E-state index >= 15 is 0 Å². The number of nitrogens with zero attached hydrogens (tertiary/aromatic N) is 1. The van der Waals surface area contributed by atoms with Crippen molar-refractivity contribution in [3.8, 4) is 5.75 Å². The molecule has 28 heavy (non-hydrogen) atoms. The van der Waals surface area contributed by atoms with Gasteiger partial charge < -0.3 is 15.4 Å². The number of hydrogen-bond acceptors (Lipinski definition) is 4. The van der Waals surface area contributed by atoms with E-state index in [0.29, 0.717) is 29.5 Å². The molecule has 0 radical (unpaired) electrons. The Morgan fingerprint density at radius 2 is 1.68 bits per heavy atom. The van der Waals surface area contributed by atoms with E-state index in [4.69, 9.17) is 4.74 Å². The van der Waals surface area contributed by atoms with Crippen LogP contribution < -0.4 is 15.4 Å². The predicted molar refractivity (Wildman–Crippen MR) is 120 cm³/mol. The maximum Gasteiger partial charge on any atom is 0.191 e. The Morgan fingerprint density at radius 1 is 1.11 bits per heavy atom. The van der Waals surface area contributed by atoms with Gasteiger partial charge >= 0.3 is 0 Å². The van der Waals surface area contributed by atoms with Gasteiger partial charge in [0.2, 0.25) is 0 Å². The predicted octanol–water partition coefficient (Wildman–Crippen LogP) is 3.03. The third kappa shape index (κ3) is 6.62. The average Bonchev–Trinajstić information content (AvgIpc) is 2.61. The Bertz CT molecular complexity index is 949. The summed E-state index contributed by atoms with van der Waals surface area (Å²) in [6.07, 6.45) is 1.20. The van der Waals surface area contributed by atoms with Crippen LogP contribution in [0, 0.1) is 12.7 Å². The molecule has 0 amide bonds. The van der Waals surface area contributed by atoms with E-state index in [1.54, 1.807) is 38.2 Å². The number of ether oxygens (including phenoxy) is 1. The standard InChI is InChI=1S/C19H24FN3O3S.HI/c1-13-9-14(6-8-18(13)27(4,24)25)11-22-19(21-2)23-12-15-5-7-17(26-3)16(20)10-15;/h5-10H,11-12H2,1-4H3,(H2,21,22,23);1H. The highest BCUT2D eigenvalue weighted by Gasteiger charge is 2.11. The van der Waals surface area contributed by atoms with Gasteiger partial charge in [-0.15, -0.1) is 24.0 Å². The molecule has 0 unspecified atom stereocenters. The van der Waals surface area contributed by atoms with Crippen LogP contribution in [0.1, 0.15) is 16.7 Å². The van der Waals surface area contributed by atoms with E-state index in [0.717, 1.165) is 11.1 Å². The Hall–Kier alpha value is -1.88. The number of guanidine groups is 1. The molecule has 0 bridgehead atoms. The second-order valence-electron chi connectivity index (χ2n) is 6.12. The molecule has 0 aromatic heterocycles. The van der Waals surface area contributed by atoms with Crippen molar-refractivity contribution in [2.75, 3.05) is 20.4 Å². The van der Waals surface area contributed by atoms with Gasteiger partial charge in [0.1, 0.15) is 0 Å². The molecule has 0 saturated heterocycles. The number of aliphatic imine (C=N–C) groups is 1. The molecule has 9 heteroatoms. The fourth-order valence-electron chi connectivity index (χ4n) is 2.65. The number of methoxy groups -OCH3 is 1. The van der Waals surface area contributed by atoms with Gasteiger partial charge in [-0.3, -0.25) is 4.99 Å². The molecule has 154 valence electrons. The largest absolute Gasteiger partial charge is 0.494 e. The van der Waals surface area contributed by atoms with Crippen molar-refractivity contribution in [2.45, 2.75) is 24.9 Å². The molecule has 2 aromatic carbocycles. The maximum absolute atomic E-state index is 13.7. The molecule has 0 atom stereocenters. The number of aryl methyl sites for hydroxylation is 1. The fraction of sp³-hybridized carbons (Fsp3) is 0.316. The van der Waals surface area contributed by atoms with Crippen LogP contribution in [0.15, 0.2) is 46.3 Å². The van der Waals surface area contributed by atoms with Crippen molar-refractivity contribution in [1.82, 2.24) is 10.6 Å². The van der Waals surface area contributed by atoms with Crippen LogP contribution in [0.2, 0.25) is 0 Å². The second kappa shape index (κ2) is 10.6. The molecule has 0 heterocycles. The van der Waals surface area contributed by atoms with Crippen LogP contribution in [0.5, 0.6) is 5.75 Å². The lowest BCUT2D eigenvalue weighted by Gasteiger charge is -2.13. The molecule has 0 spiro atoms. The Morgan fingerprint density at radius 3 is 2.14 bits per heavy atom. The van der Waals surface area contributed by atoms with E-state index in [9.17, 15) is 12.8 Å². The monoisotopic (exact) mass is 521 g/mol. The van der Waals surface area contributed by atoms with Gasteiger partial charge in [-0.05, 0) is 41.8 Å². The van der Waals surface area contributed by atoms with Crippen LogP contribution in [0.3, 0.4) is 0 Å². The highest BCUT2D eigenvalue weighted by molar-refractivity contribution is 14.0. The molecular weight excluding hydrogens is 496 g/mol.